The second-order valence-electron chi connectivity index (χ2n) is 5.65. The van der Waals surface area contributed by atoms with Gasteiger partial charge in [0.1, 0.15) is 5.82 Å². The fourth-order valence-electron chi connectivity index (χ4n) is 2.54. The van der Waals surface area contributed by atoms with Crippen LogP contribution in [0.3, 0.4) is 0 Å². The van der Waals surface area contributed by atoms with Gasteiger partial charge in [-0.1, -0.05) is 0 Å². The summed E-state index contributed by atoms with van der Waals surface area (Å²) in [6, 6.07) is 7.88. The fourth-order valence-corrected chi connectivity index (χ4v) is 3.05. The van der Waals surface area contributed by atoms with Crippen LogP contribution in [0.2, 0.25) is 0 Å². The molecule has 1 saturated heterocycles. The molecule has 1 aromatic carbocycles. The van der Waals surface area contributed by atoms with Crippen LogP contribution >= 0.6 is 0 Å². The van der Waals surface area contributed by atoms with Gasteiger partial charge in [0.25, 0.3) is 0 Å². The maximum atomic E-state index is 11.3. The predicted octanol–water partition coefficient (Wildman–Crippen LogP) is 0.829. The van der Waals surface area contributed by atoms with Gasteiger partial charge in [0.2, 0.25) is 16.0 Å². The van der Waals surface area contributed by atoms with Crippen molar-refractivity contribution in [1.82, 2.24) is 9.97 Å². The zero-order chi connectivity index (χ0) is 17.2. The van der Waals surface area contributed by atoms with Gasteiger partial charge < -0.3 is 15.3 Å². The number of nitrogens with one attached hydrogen (secondary N) is 1. The van der Waals surface area contributed by atoms with Crippen molar-refractivity contribution >= 4 is 27.5 Å². The van der Waals surface area contributed by atoms with E-state index in [-0.39, 0.29) is 11.0 Å². The minimum atomic E-state index is -3.70. The molecule has 0 spiro atoms. The molecule has 1 aliphatic heterocycles. The van der Waals surface area contributed by atoms with E-state index in [1.807, 2.05) is 6.07 Å². The Bertz CT molecular complexity index is 802. The molecule has 1 aliphatic rings. The highest BCUT2D eigenvalue weighted by Crippen LogP contribution is 2.20. The number of anilines is 3. The summed E-state index contributed by atoms with van der Waals surface area (Å²) in [7, 11) is -3.70. The Morgan fingerprint density at radius 2 is 1.83 bits per heavy atom. The van der Waals surface area contributed by atoms with Gasteiger partial charge in [-0.15, -0.1) is 0 Å². The lowest BCUT2D eigenvalue weighted by molar-refractivity contribution is 0.145. The maximum absolute atomic E-state index is 11.3. The Hall–Kier alpha value is -2.23. The zero-order valence-corrected chi connectivity index (χ0v) is 13.8. The molecular weight excluding hydrogens is 330 g/mol. The van der Waals surface area contributed by atoms with E-state index in [0.29, 0.717) is 11.6 Å². The van der Waals surface area contributed by atoms with Gasteiger partial charge >= 0.3 is 0 Å². The van der Waals surface area contributed by atoms with Crippen LogP contribution in [0.4, 0.5) is 17.5 Å². The first-order valence-electron chi connectivity index (χ1n) is 7.58. The number of aromatic nitrogens is 2. The SMILES string of the molecule is NS(=O)(=O)c1ccc(Nc2nccc(N3CCC(O)CC3)n2)cc1. The molecule has 8 nitrogen and oxygen atoms in total. The predicted molar refractivity (Wildman–Crippen MR) is 90.6 cm³/mol. The van der Waals surface area contributed by atoms with E-state index in [2.05, 4.69) is 20.2 Å². The Kier molecular flexibility index (Phi) is 4.65. The highest BCUT2D eigenvalue weighted by atomic mass is 32.2. The number of aliphatic hydroxyl groups excluding tert-OH is 1. The summed E-state index contributed by atoms with van der Waals surface area (Å²) in [6.45, 7) is 1.50. The zero-order valence-electron chi connectivity index (χ0n) is 13.0. The third-order valence-corrected chi connectivity index (χ3v) is 4.80. The second-order valence-corrected chi connectivity index (χ2v) is 7.21. The number of primary sulfonamides is 1. The first-order valence-corrected chi connectivity index (χ1v) is 9.12. The largest absolute Gasteiger partial charge is 0.393 e. The smallest absolute Gasteiger partial charge is 0.238 e. The number of rotatable bonds is 4. The molecule has 0 atom stereocenters. The first kappa shape index (κ1) is 16.6. The second kappa shape index (κ2) is 6.71. The lowest BCUT2D eigenvalue weighted by atomic mass is 10.1. The van der Waals surface area contributed by atoms with Gasteiger partial charge in [-0.25, -0.2) is 18.5 Å². The summed E-state index contributed by atoms with van der Waals surface area (Å²) >= 11 is 0. The van der Waals surface area contributed by atoms with Gasteiger partial charge in [-0.3, -0.25) is 0 Å². The van der Waals surface area contributed by atoms with E-state index in [1.54, 1.807) is 18.3 Å². The lowest BCUT2D eigenvalue weighted by Gasteiger charge is -2.30. The number of piperidine rings is 1. The topological polar surface area (TPSA) is 121 Å². The molecule has 3 rings (SSSR count). The minimum Gasteiger partial charge on any atom is -0.393 e. The molecule has 24 heavy (non-hydrogen) atoms. The van der Waals surface area contributed by atoms with Crippen molar-refractivity contribution < 1.29 is 13.5 Å². The van der Waals surface area contributed by atoms with Gasteiger partial charge in [-0.05, 0) is 43.2 Å². The van der Waals surface area contributed by atoms with E-state index in [4.69, 9.17) is 5.14 Å². The molecule has 0 radical (unpaired) electrons. The Labute approximate surface area is 140 Å². The number of nitrogens with zero attached hydrogens (tertiary/aromatic N) is 3. The molecule has 0 bridgehead atoms. The Balaban J connectivity index is 1.73. The molecule has 9 heteroatoms. The third kappa shape index (κ3) is 3.99. The number of benzene rings is 1. The molecule has 4 N–H and O–H groups in total. The van der Waals surface area contributed by atoms with Crippen LogP contribution in [0.25, 0.3) is 0 Å². The monoisotopic (exact) mass is 349 g/mol. The van der Waals surface area contributed by atoms with Crippen molar-refractivity contribution in [3.63, 3.8) is 0 Å². The van der Waals surface area contributed by atoms with Crippen molar-refractivity contribution in [1.29, 1.82) is 0 Å². The summed E-state index contributed by atoms with van der Waals surface area (Å²) in [4.78, 5) is 10.8. The molecule has 0 amide bonds. The average Bonchev–Trinajstić information content (AvgIpc) is 2.55. The van der Waals surface area contributed by atoms with Crippen LogP contribution in [0, 0.1) is 0 Å². The van der Waals surface area contributed by atoms with E-state index < -0.39 is 10.0 Å². The van der Waals surface area contributed by atoms with E-state index in [9.17, 15) is 13.5 Å². The molecule has 2 aromatic rings. The average molecular weight is 349 g/mol. The molecule has 1 fully saturated rings. The van der Waals surface area contributed by atoms with Gasteiger partial charge in [0.05, 0.1) is 11.0 Å². The van der Waals surface area contributed by atoms with Crippen molar-refractivity contribution in [3.8, 4) is 0 Å². The maximum Gasteiger partial charge on any atom is 0.238 e. The number of sulfonamides is 1. The van der Waals surface area contributed by atoms with Crippen molar-refractivity contribution in [3.05, 3.63) is 36.5 Å². The summed E-state index contributed by atoms with van der Waals surface area (Å²) in [5.74, 6) is 1.21. The van der Waals surface area contributed by atoms with Crippen molar-refractivity contribution in [2.45, 2.75) is 23.8 Å². The van der Waals surface area contributed by atoms with Gasteiger partial charge in [0, 0.05) is 25.0 Å². The summed E-state index contributed by atoms with van der Waals surface area (Å²) in [5.41, 5.74) is 0.661. The van der Waals surface area contributed by atoms with Crippen LogP contribution in [-0.4, -0.2) is 42.7 Å². The fraction of sp³-hybridized carbons (Fsp3) is 0.333. The molecule has 128 valence electrons. The molecule has 0 saturated carbocycles. The van der Waals surface area contributed by atoms with E-state index >= 15 is 0 Å². The van der Waals surface area contributed by atoms with Crippen LogP contribution in [0.5, 0.6) is 0 Å². The minimum absolute atomic E-state index is 0.0505. The van der Waals surface area contributed by atoms with Crippen LogP contribution in [-0.2, 0) is 10.0 Å². The number of nitrogens with two attached hydrogens (primary N) is 1. The number of aliphatic hydroxyl groups is 1. The summed E-state index contributed by atoms with van der Waals surface area (Å²) in [6.07, 6.45) is 2.87. The molecule has 0 unspecified atom stereocenters. The standard InChI is InChI=1S/C15H19N5O3S/c16-24(22,23)13-3-1-11(2-4-13)18-15-17-8-5-14(19-15)20-9-6-12(21)7-10-20/h1-5,8,12,21H,6-7,9-10H2,(H2,16,22,23)(H,17,18,19). The van der Waals surface area contributed by atoms with Crippen LogP contribution in [0.1, 0.15) is 12.8 Å². The number of hydrogen-bond donors (Lipinski definition) is 3. The van der Waals surface area contributed by atoms with Crippen LogP contribution in [0.15, 0.2) is 41.4 Å². The first-order chi connectivity index (χ1) is 11.4. The highest BCUT2D eigenvalue weighted by molar-refractivity contribution is 7.89. The third-order valence-electron chi connectivity index (χ3n) is 3.87. The molecule has 0 aliphatic carbocycles. The summed E-state index contributed by atoms with van der Waals surface area (Å²) in [5, 5.41) is 17.7. The normalized spacial score (nSPS) is 16.2. The number of hydrogen-bond acceptors (Lipinski definition) is 7. The van der Waals surface area contributed by atoms with Gasteiger partial charge in [-0.2, -0.15) is 4.98 Å². The lowest BCUT2D eigenvalue weighted by Crippen LogP contribution is -2.36. The van der Waals surface area contributed by atoms with Crippen LogP contribution < -0.4 is 15.4 Å². The summed E-state index contributed by atoms with van der Waals surface area (Å²) < 4.78 is 22.5. The van der Waals surface area contributed by atoms with Crippen molar-refractivity contribution in [2.24, 2.45) is 5.14 Å². The molecule has 2 heterocycles. The Morgan fingerprint density at radius 1 is 1.17 bits per heavy atom. The van der Waals surface area contributed by atoms with Crippen molar-refractivity contribution in [2.75, 3.05) is 23.3 Å². The van der Waals surface area contributed by atoms with E-state index in [0.717, 1.165) is 31.7 Å². The highest BCUT2D eigenvalue weighted by Gasteiger charge is 2.18. The molecular formula is C15H19N5O3S. The van der Waals surface area contributed by atoms with E-state index in [1.165, 1.54) is 12.1 Å². The van der Waals surface area contributed by atoms with Gasteiger partial charge in [0.15, 0.2) is 0 Å². The Morgan fingerprint density at radius 3 is 2.46 bits per heavy atom. The quantitative estimate of drug-likeness (QED) is 0.747. The molecule has 1 aromatic heterocycles.